The van der Waals surface area contributed by atoms with Crippen molar-refractivity contribution in [2.75, 3.05) is 20.3 Å². The van der Waals surface area contributed by atoms with Crippen LogP contribution in [-0.4, -0.2) is 37.1 Å². The van der Waals surface area contributed by atoms with E-state index >= 15 is 0 Å². The Morgan fingerprint density at radius 2 is 2.24 bits per heavy atom. The summed E-state index contributed by atoms with van der Waals surface area (Å²) in [5, 5.41) is 13.3. The number of aliphatic hydroxyl groups is 1. The molecule has 1 aliphatic heterocycles. The molecular formula is C17H25NO3. The van der Waals surface area contributed by atoms with Crippen LogP contribution < -0.4 is 10.1 Å². The first kappa shape index (κ1) is 14.8. The van der Waals surface area contributed by atoms with E-state index in [1.807, 2.05) is 6.07 Å². The van der Waals surface area contributed by atoms with Crippen LogP contribution in [0.1, 0.15) is 43.7 Å². The number of fused-ring (bicyclic) bond motifs is 1. The Balaban J connectivity index is 1.63. The molecule has 2 atom stereocenters. The van der Waals surface area contributed by atoms with Gasteiger partial charge in [0.2, 0.25) is 0 Å². The maximum Gasteiger partial charge on any atom is 0.124 e. The summed E-state index contributed by atoms with van der Waals surface area (Å²) in [7, 11) is 1.62. The van der Waals surface area contributed by atoms with Crippen molar-refractivity contribution in [3.8, 4) is 5.75 Å². The van der Waals surface area contributed by atoms with Gasteiger partial charge in [0, 0.05) is 25.1 Å². The average Bonchev–Trinajstić information content (AvgIpc) is 2.45. The summed E-state index contributed by atoms with van der Waals surface area (Å²) in [6.45, 7) is 1.19. The van der Waals surface area contributed by atoms with E-state index in [0.717, 1.165) is 31.6 Å². The first-order valence-corrected chi connectivity index (χ1v) is 7.91. The van der Waals surface area contributed by atoms with Gasteiger partial charge in [-0.05, 0) is 38.3 Å². The van der Waals surface area contributed by atoms with E-state index < -0.39 is 6.10 Å². The summed E-state index contributed by atoms with van der Waals surface area (Å²) in [5.41, 5.74) is 1.30. The zero-order valence-electron chi connectivity index (χ0n) is 12.7. The molecule has 2 aliphatic rings. The fourth-order valence-electron chi connectivity index (χ4n) is 3.38. The second-order valence-electron chi connectivity index (χ2n) is 6.29. The number of methoxy groups -OCH3 is 1. The topological polar surface area (TPSA) is 50.7 Å². The lowest BCUT2D eigenvalue weighted by molar-refractivity contribution is -0.0372. The van der Waals surface area contributed by atoms with Gasteiger partial charge in [0.1, 0.15) is 11.4 Å². The first-order valence-electron chi connectivity index (χ1n) is 7.91. The third-order valence-corrected chi connectivity index (χ3v) is 4.69. The van der Waals surface area contributed by atoms with Crippen LogP contribution in [0.25, 0.3) is 0 Å². The van der Waals surface area contributed by atoms with E-state index in [9.17, 15) is 5.11 Å². The quantitative estimate of drug-likeness (QED) is 0.845. The van der Waals surface area contributed by atoms with E-state index in [4.69, 9.17) is 9.47 Å². The molecule has 1 saturated carbocycles. The van der Waals surface area contributed by atoms with Crippen LogP contribution in [0.2, 0.25) is 0 Å². The molecule has 2 unspecified atom stereocenters. The van der Waals surface area contributed by atoms with Crippen molar-refractivity contribution in [2.45, 2.75) is 49.9 Å². The fourth-order valence-corrected chi connectivity index (χ4v) is 3.38. The van der Waals surface area contributed by atoms with Crippen molar-refractivity contribution in [3.05, 3.63) is 29.8 Å². The fraction of sp³-hybridized carbons (Fsp3) is 0.647. The van der Waals surface area contributed by atoms with Crippen molar-refractivity contribution in [1.82, 2.24) is 5.32 Å². The zero-order valence-corrected chi connectivity index (χ0v) is 12.7. The van der Waals surface area contributed by atoms with E-state index in [1.165, 1.54) is 12.0 Å². The maximum absolute atomic E-state index is 9.74. The molecule has 0 bridgehead atoms. The average molecular weight is 291 g/mol. The molecule has 1 aromatic rings. The maximum atomic E-state index is 9.74. The van der Waals surface area contributed by atoms with Crippen molar-refractivity contribution < 1.29 is 14.6 Å². The van der Waals surface area contributed by atoms with E-state index in [2.05, 4.69) is 23.5 Å². The predicted octanol–water partition coefficient (Wildman–Crippen LogP) is 2.42. The van der Waals surface area contributed by atoms with Gasteiger partial charge >= 0.3 is 0 Å². The largest absolute Gasteiger partial charge is 0.487 e. The SMILES string of the molecule is COCC(O)CCNC1CC2(CCC2)Oc2ccccc21. The number of nitrogens with one attached hydrogen (secondary N) is 1. The molecule has 1 aromatic carbocycles. The molecule has 2 N–H and O–H groups in total. The van der Waals surface area contributed by atoms with Crippen molar-refractivity contribution in [1.29, 1.82) is 0 Å². The minimum absolute atomic E-state index is 0.0527. The lowest BCUT2D eigenvalue weighted by Gasteiger charge is -2.48. The van der Waals surface area contributed by atoms with Crippen LogP contribution in [0.15, 0.2) is 24.3 Å². The van der Waals surface area contributed by atoms with Gasteiger partial charge < -0.3 is 19.9 Å². The third-order valence-electron chi connectivity index (χ3n) is 4.69. The minimum Gasteiger partial charge on any atom is -0.487 e. The highest BCUT2D eigenvalue weighted by Crippen LogP contribution is 2.48. The standard InChI is InChI=1S/C17H25NO3/c1-20-12-13(19)7-10-18-15-11-17(8-4-9-17)21-16-6-3-2-5-14(15)16/h2-3,5-6,13,15,18-19H,4,7-12H2,1H3. The van der Waals surface area contributed by atoms with E-state index in [0.29, 0.717) is 19.1 Å². The van der Waals surface area contributed by atoms with Gasteiger partial charge in [0.05, 0.1) is 12.7 Å². The molecule has 0 aromatic heterocycles. The molecule has 1 heterocycles. The Kier molecular flexibility index (Phi) is 4.48. The Labute approximate surface area is 126 Å². The smallest absolute Gasteiger partial charge is 0.124 e. The van der Waals surface area contributed by atoms with Crippen LogP contribution in [0.5, 0.6) is 5.75 Å². The molecule has 0 saturated heterocycles. The van der Waals surface area contributed by atoms with Crippen LogP contribution in [-0.2, 0) is 4.74 Å². The van der Waals surface area contributed by atoms with Gasteiger partial charge in [-0.3, -0.25) is 0 Å². The second kappa shape index (κ2) is 6.34. The van der Waals surface area contributed by atoms with Crippen LogP contribution >= 0.6 is 0 Å². The molecule has 1 spiro atoms. The number of hydrogen-bond acceptors (Lipinski definition) is 4. The number of rotatable bonds is 6. The molecule has 4 nitrogen and oxygen atoms in total. The molecule has 21 heavy (non-hydrogen) atoms. The summed E-state index contributed by atoms with van der Waals surface area (Å²) in [6, 6.07) is 8.64. The second-order valence-corrected chi connectivity index (χ2v) is 6.29. The zero-order chi connectivity index (χ0) is 14.7. The minimum atomic E-state index is -0.393. The summed E-state index contributed by atoms with van der Waals surface area (Å²) in [4.78, 5) is 0. The molecule has 0 radical (unpaired) electrons. The summed E-state index contributed by atoms with van der Waals surface area (Å²) < 4.78 is 11.2. The highest BCUT2D eigenvalue weighted by molar-refractivity contribution is 5.39. The molecule has 3 rings (SSSR count). The van der Waals surface area contributed by atoms with Crippen molar-refractivity contribution in [3.63, 3.8) is 0 Å². The lowest BCUT2D eigenvalue weighted by Crippen LogP contribution is -2.49. The number of para-hydroxylation sites is 1. The van der Waals surface area contributed by atoms with Crippen molar-refractivity contribution in [2.24, 2.45) is 0 Å². The first-order chi connectivity index (χ1) is 10.2. The Morgan fingerprint density at radius 3 is 2.95 bits per heavy atom. The van der Waals surface area contributed by atoms with E-state index in [-0.39, 0.29) is 5.60 Å². The van der Waals surface area contributed by atoms with E-state index in [1.54, 1.807) is 7.11 Å². The molecule has 4 heteroatoms. The Bertz CT molecular complexity index is 473. The molecule has 1 fully saturated rings. The molecule has 1 aliphatic carbocycles. The Morgan fingerprint density at radius 1 is 1.43 bits per heavy atom. The van der Waals surface area contributed by atoms with Gasteiger partial charge in [0.15, 0.2) is 0 Å². The summed E-state index contributed by atoms with van der Waals surface area (Å²) in [5.74, 6) is 1.03. The summed E-state index contributed by atoms with van der Waals surface area (Å²) in [6.07, 6.45) is 4.93. The van der Waals surface area contributed by atoms with Gasteiger partial charge in [-0.15, -0.1) is 0 Å². The van der Waals surface area contributed by atoms with Crippen LogP contribution in [0.4, 0.5) is 0 Å². The van der Waals surface area contributed by atoms with Gasteiger partial charge in [-0.2, -0.15) is 0 Å². The highest BCUT2D eigenvalue weighted by atomic mass is 16.5. The monoisotopic (exact) mass is 291 g/mol. The van der Waals surface area contributed by atoms with Gasteiger partial charge in [-0.1, -0.05) is 18.2 Å². The van der Waals surface area contributed by atoms with Gasteiger partial charge in [0.25, 0.3) is 0 Å². The predicted molar refractivity (Wildman–Crippen MR) is 81.5 cm³/mol. The number of ether oxygens (including phenoxy) is 2. The van der Waals surface area contributed by atoms with Gasteiger partial charge in [-0.25, -0.2) is 0 Å². The molecular weight excluding hydrogens is 266 g/mol. The van der Waals surface area contributed by atoms with Crippen LogP contribution in [0.3, 0.4) is 0 Å². The number of hydrogen-bond donors (Lipinski definition) is 2. The lowest BCUT2D eigenvalue weighted by atomic mass is 9.73. The van der Waals surface area contributed by atoms with Crippen molar-refractivity contribution >= 4 is 0 Å². The summed E-state index contributed by atoms with van der Waals surface area (Å²) >= 11 is 0. The Hall–Kier alpha value is -1.10. The normalized spacial score (nSPS) is 24.0. The third kappa shape index (κ3) is 3.23. The number of benzene rings is 1. The van der Waals surface area contributed by atoms with Crippen LogP contribution in [0, 0.1) is 0 Å². The highest BCUT2D eigenvalue weighted by Gasteiger charge is 2.45. The molecule has 0 amide bonds. The number of aliphatic hydroxyl groups excluding tert-OH is 1. The molecule has 116 valence electrons.